The molecule has 4 nitrogen and oxygen atoms in total. The first-order valence-electron chi connectivity index (χ1n) is 8.50. The van der Waals surface area contributed by atoms with E-state index in [2.05, 4.69) is 0 Å². The van der Waals surface area contributed by atoms with Crippen molar-refractivity contribution in [2.75, 3.05) is 0 Å². The number of aliphatic hydroxyl groups excluding tert-OH is 1. The molecule has 0 radical (unpaired) electrons. The summed E-state index contributed by atoms with van der Waals surface area (Å²) in [6.45, 7) is 3.80. The van der Waals surface area contributed by atoms with E-state index in [1.165, 1.54) is 3.97 Å². The summed E-state index contributed by atoms with van der Waals surface area (Å²) >= 11 is 0. The van der Waals surface area contributed by atoms with Crippen LogP contribution in [0, 0.1) is 13.8 Å². The van der Waals surface area contributed by atoms with Crippen LogP contribution in [0.5, 0.6) is 0 Å². The summed E-state index contributed by atoms with van der Waals surface area (Å²) in [5.74, 6) is 0.502. The Bertz CT molecular complexity index is 1060. The number of fused-ring (bicyclic) bond motifs is 1. The average molecular weight is 355 g/mol. The molecule has 0 saturated heterocycles. The quantitative estimate of drug-likeness (QED) is 0.773. The number of rotatable bonds is 4. The lowest BCUT2D eigenvalue weighted by atomic mass is 9.97. The fourth-order valence-corrected chi connectivity index (χ4v) is 4.96. The maximum absolute atomic E-state index is 13.1. The minimum atomic E-state index is -3.67. The summed E-state index contributed by atoms with van der Waals surface area (Å²) in [5.41, 5.74) is 4.63. The normalized spacial score (nSPS) is 15.0. The largest absolute Gasteiger partial charge is 0.392 e. The van der Waals surface area contributed by atoms with Crippen LogP contribution in [0.4, 0.5) is 0 Å². The molecule has 1 saturated carbocycles. The van der Waals surface area contributed by atoms with Gasteiger partial charge in [0.2, 0.25) is 0 Å². The fourth-order valence-electron chi connectivity index (χ4n) is 3.55. The Morgan fingerprint density at radius 3 is 2.40 bits per heavy atom. The maximum Gasteiger partial charge on any atom is 0.268 e. The third-order valence-electron chi connectivity index (χ3n) is 5.02. The Balaban J connectivity index is 1.96. The van der Waals surface area contributed by atoms with Gasteiger partial charge >= 0.3 is 0 Å². The first-order valence-corrected chi connectivity index (χ1v) is 9.94. The molecular formula is C20H21NO3S. The summed E-state index contributed by atoms with van der Waals surface area (Å²) in [6, 6.07) is 10.7. The van der Waals surface area contributed by atoms with E-state index in [1.54, 1.807) is 30.5 Å². The summed E-state index contributed by atoms with van der Waals surface area (Å²) in [4.78, 5) is 0.270. The predicted octanol–water partition coefficient (Wildman–Crippen LogP) is 3.86. The van der Waals surface area contributed by atoms with Crippen LogP contribution >= 0.6 is 0 Å². The van der Waals surface area contributed by atoms with Gasteiger partial charge in [-0.05, 0) is 67.5 Å². The SMILES string of the molecule is Cc1ccc(S(=O)(=O)n2ccc3c(CO)c(C4CC4)cc(C)c32)cc1. The zero-order valence-electron chi connectivity index (χ0n) is 14.4. The highest BCUT2D eigenvalue weighted by molar-refractivity contribution is 7.90. The molecule has 0 aliphatic heterocycles. The van der Waals surface area contributed by atoms with Crippen LogP contribution in [0.25, 0.3) is 10.9 Å². The van der Waals surface area contributed by atoms with E-state index >= 15 is 0 Å². The average Bonchev–Trinajstić information content (AvgIpc) is 3.33. The van der Waals surface area contributed by atoms with Crippen molar-refractivity contribution in [1.29, 1.82) is 0 Å². The lowest BCUT2D eigenvalue weighted by Crippen LogP contribution is -2.12. The highest BCUT2D eigenvalue weighted by atomic mass is 32.2. The highest BCUT2D eigenvalue weighted by Gasteiger charge is 2.29. The summed E-state index contributed by atoms with van der Waals surface area (Å²) in [6.07, 6.45) is 3.88. The Morgan fingerprint density at radius 2 is 1.80 bits per heavy atom. The number of hydrogen-bond donors (Lipinski definition) is 1. The molecule has 1 aliphatic rings. The molecule has 25 heavy (non-hydrogen) atoms. The Labute approximate surface area is 147 Å². The second kappa shape index (κ2) is 5.71. The Kier molecular flexibility index (Phi) is 3.74. The molecule has 1 fully saturated rings. The summed E-state index contributed by atoms with van der Waals surface area (Å²) in [7, 11) is -3.67. The molecule has 0 spiro atoms. The topological polar surface area (TPSA) is 59.3 Å². The van der Waals surface area contributed by atoms with Gasteiger partial charge in [-0.15, -0.1) is 0 Å². The lowest BCUT2D eigenvalue weighted by molar-refractivity contribution is 0.282. The van der Waals surface area contributed by atoms with Crippen molar-refractivity contribution in [3.63, 3.8) is 0 Å². The molecule has 1 N–H and O–H groups in total. The van der Waals surface area contributed by atoms with E-state index in [0.29, 0.717) is 11.4 Å². The predicted molar refractivity (Wildman–Crippen MR) is 98.3 cm³/mol. The van der Waals surface area contributed by atoms with Crippen LogP contribution < -0.4 is 0 Å². The monoisotopic (exact) mass is 355 g/mol. The van der Waals surface area contributed by atoms with Crippen molar-refractivity contribution in [1.82, 2.24) is 3.97 Å². The van der Waals surface area contributed by atoms with E-state index in [0.717, 1.165) is 40.5 Å². The van der Waals surface area contributed by atoms with Crippen molar-refractivity contribution >= 4 is 20.9 Å². The van der Waals surface area contributed by atoms with Gasteiger partial charge in [-0.3, -0.25) is 0 Å². The third-order valence-corrected chi connectivity index (χ3v) is 6.71. The van der Waals surface area contributed by atoms with Crippen LogP contribution in [0.1, 0.15) is 41.0 Å². The summed E-state index contributed by atoms with van der Waals surface area (Å²) < 4.78 is 27.6. The van der Waals surface area contributed by atoms with E-state index in [9.17, 15) is 13.5 Å². The number of benzene rings is 2. The Hall–Kier alpha value is -2.11. The van der Waals surface area contributed by atoms with Crippen LogP contribution in [0.15, 0.2) is 47.5 Å². The molecule has 0 atom stereocenters. The van der Waals surface area contributed by atoms with Gasteiger partial charge < -0.3 is 5.11 Å². The van der Waals surface area contributed by atoms with E-state index in [4.69, 9.17) is 0 Å². The van der Waals surface area contributed by atoms with Gasteiger partial charge in [0.1, 0.15) is 0 Å². The molecule has 0 amide bonds. The number of aryl methyl sites for hydroxylation is 2. The molecule has 0 bridgehead atoms. The van der Waals surface area contributed by atoms with Crippen molar-refractivity contribution < 1.29 is 13.5 Å². The van der Waals surface area contributed by atoms with Crippen LogP contribution in [0.3, 0.4) is 0 Å². The molecule has 4 rings (SSSR count). The molecule has 3 aromatic rings. The molecule has 5 heteroatoms. The van der Waals surface area contributed by atoms with Gasteiger partial charge in [0.05, 0.1) is 17.0 Å². The first kappa shape index (κ1) is 16.4. The van der Waals surface area contributed by atoms with Gasteiger partial charge in [0.15, 0.2) is 0 Å². The molecular weight excluding hydrogens is 334 g/mol. The first-order chi connectivity index (χ1) is 11.9. The zero-order chi connectivity index (χ0) is 17.8. The van der Waals surface area contributed by atoms with E-state index in [1.807, 2.05) is 26.0 Å². The number of nitrogens with zero attached hydrogens (tertiary/aromatic N) is 1. The number of aliphatic hydroxyl groups is 1. The van der Waals surface area contributed by atoms with Crippen molar-refractivity contribution in [3.8, 4) is 0 Å². The number of hydrogen-bond acceptors (Lipinski definition) is 3. The lowest BCUT2D eigenvalue weighted by Gasteiger charge is -2.14. The van der Waals surface area contributed by atoms with E-state index in [-0.39, 0.29) is 11.5 Å². The second-order valence-corrected chi connectivity index (χ2v) is 8.70. The standard InChI is InChI=1S/C20H21NO3S/c1-13-3-7-16(8-4-13)25(23,24)21-10-9-17-19(12-22)18(15-5-6-15)11-14(2)20(17)21/h3-4,7-11,15,22H,5-6,12H2,1-2H3. The number of aromatic nitrogens is 1. The second-order valence-electron chi connectivity index (χ2n) is 6.89. The van der Waals surface area contributed by atoms with Crippen LogP contribution in [0.2, 0.25) is 0 Å². The van der Waals surface area contributed by atoms with Gasteiger partial charge in [-0.25, -0.2) is 12.4 Å². The van der Waals surface area contributed by atoms with Gasteiger partial charge in [-0.2, -0.15) is 0 Å². The zero-order valence-corrected chi connectivity index (χ0v) is 15.2. The highest BCUT2D eigenvalue weighted by Crippen LogP contribution is 2.44. The van der Waals surface area contributed by atoms with Crippen molar-refractivity contribution in [2.45, 2.75) is 44.1 Å². The minimum Gasteiger partial charge on any atom is -0.392 e. The Morgan fingerprint density at radius 1 is 1.12 bits per heavy atom. The molecule has 130 valence electrons. The van der Waals surface area contributed by atoms with Gasteiger partial charge in [-0.1, -0.05) is 23.8 Å². The van der Waals surface area contributed by atoms with Crippen molar-refractivity contribution in [3.05, 3.63) is 64.8 Å². The van der Waals surface area contributed by atoms with Gasteiger partial charge in [0.25, 0.3) is 10.0 Å². The van der Waals surface area contributed by atoms with Crippen molar-refractivity contribution in [2.24, 2.45) is 0 Å². The third kappa shape index (κ3) is 2.58. The maximum atomic E-state index is 13.1. The smallest absolute Gasteiger partial charge is 0.268 e. The van der Waals surface area contributed by atoms with Gasteiger partial charge in [0, 0.05) is 11.6 Å². The molecule has 1 heterocycles. The molecule has 1 aliphatic carbocycles. The molecule has 2 aromatic carbocycles. The molecule has 0 unspecified atom stereocenters. The minimum absolute atomic E-state index is 0.0722. The summed E-state index contributed by atoms with van der Waals surface area (Å²) in [5, 5.41) is 10.7. The van der Waals surface area contributed by atoms with Crippen LogP contribution in [-0.2, 0) is 16.6 Å². The van der Waals surface area contributed by atoms with Crippen LogP contribution in [-0.4, -0.2) is 17.5 Å². The van der Waals surface area contributed by atoms with E-state index < -0.39 is 10.0 Å². The molecule has 1 aromatic heterocycles. The fraction of sp³-hybridized carbons (Fsp3) is 0.300.